The van der Waals surface area contributed by atoms with Crippen molar-refractivity contribution in [2.75, 3.05) is 0 Å². The summed E-state index contributed by atoms with van der Waals surface area (Å²) >= 11 is 1.99. The lowest BCUT2D eigenvalue weighted by Crippen LogP contribution is -2.37. The Labute approximate surface area is 280 Å². The van der Waals surface area contributed by atoms with Crippen molar-refractivity contribution in [1.82, 2.24) is 0 Å². The van der Waals surface area contributed by atoms with Crippen LogP contribution in [0.4, 0.5) is 0 Å². The second kappa shape index (κ2) is 11.3. The average molecular weight is 613 g/mol. The summed E-state index contributed by atoms with van der Waals surface area (Å²) < 4.78 is -0.301. The van der Waals surface area contributed by atoms with Crippen molar-refractivity contribution >= 4 is 22.2 Å². The van der Waals surface area contributed by atoms with Crippen LogP contribution in [0.3, 0.4) is 0 Å². The summed E-state index contributed by atoms with van der Waals surface area (Å²) in [6.07, 6.45) is 2.46. The second-order valence-corrected chi connectivity index (χ2v) is 13.4. The van der Waals surface area contributed by atoms with Crippen LogP contribution in [0.5, 0.6) is 0 Å². The third kappa shape index (κ3) is 4.60. The van der Waals surface area contributed by atoms with Crippen LogP contribution in [0.1, 0.15) is 61.6 Å². The van der Waals surface area contributed by atoms with Crippen LogP contribution in [0.2, 0.25) is 0 Å². The lowest BCUT2D eigenvalue weighted by molar-refractivity contribution is 0.761. The number of benzene rings is 6. The third-order valence-corrected chi connectivity index (χ3v) is 11.0. The van der Waals surface area contributed by atoms with E-state index in [0.29, 0.717) is 0 Å². The minimum atomic E-state index is -0.301. The van der Waals surface area contributed by atoms with Crippen LogP contribution in [0.25, 0.3) is 10.5 Å². The Hall–Kier alpha value is -5.73. The van der Waals surface area contributed by atoms with Gasteiger partial charge in [-0.1, -0.05) is 133 Å². The molecule has 3 aliphatic carbocycles. The molecule has 0 N–H and O–H groups in total. The highest BCUT2D eigenvalue weighted by Gasteiger charge is 2.55. The smallest absolute Gasteiger partial charge is 0.0963 e. The van der Waals surface area contributed by atoms with E-state index in [-0.39, 0.29) is 10.7 Å². The molecule has 1 aliphatic heterocycles. The van der Waals surface area contributed by atoms with E-state index in [1.165, 1.54) is 49.4 Å². The van der Waals surface area contributed by atoms with Crippen LogP contribution in [-0.2, 0) is 4.75 Å². The molecule has 0 saturated carbocycles. The van der Waals surface area contributed by atoms with Crippen molar-refractivity contribution in [3.63, 3.8) is 0 Å². The molecule has 218 valence electrons. The average Bonchev–Trinajstić information content (AvgIpc) is 3.56. The van der Waals surface area contributed by atoms with Crippen molar-refractivity contribution in [2.45, 2.75) is 10.7 Å². The number of hydrogen-bond donors (Lipinski definition) is 0. The van der Waals surface area contributed by atoms with E-state index >= 15 is 0 Å². The Bertz CT molecular complexity index is 2300. The SMILES string of the molecule is C(#Cc1ccc(C2=CC3=C(c4ccc(C#Cc5ccccc5)cc4)C4c5ccccc5C3(S2)c2ccccc24)cc1)c1ccccc1. The normalized spacial score (nSPS) is 18.1. The molecule has 6 aromatic carbocycles. The summed E-state index contributed by atoms with van der Waals surface area (Å²) in [5, 5.41) is 0. The molecule has 6 aromatic rings. The number of allylic oxidation sites excluding steroid dienone is 2. The molecule has 0 atom stereocenters. The first-order valence-electron chi connectivity index (χ1n) is 16.0. The molecule has 0 aromatic heterocycles. The van der Waals surface area contributed by atoms with E-state index in [1.54, 1.807) is 0 Å². The fourth-order valence-electron chi connectivity index (χ4n) is 7.31. The van der Waals surface area contributed by atoms with Gasteiger partial charge < -0.3 is 0 Å². The summed E-state index contributed by atoms with van der Waals surface area (Å²) in [5.41, 5.74) is 15.0. The predicted octanol–water partition coefficient (Wildman–Crippen LogP) is 10.4. The van der Waals surface area contributed by atoms with E-state index in [4.69, 9.17) is 0 Å². The Morgan fingerprint density at radius 2 is 0.851 bits per heavy atom. The van der Waals surface area contributed by atoms with Gasteiger partial charge >= 0.3 is 0 Å². The number of hydrogen-bond acceptors (Lipinski definition) is 1. The van der Waals surface area contributed by atoms with E-state index < -0.39 is 0 Å². The number of rotatable bonds is 2. The molecule has 47 heavy (non-hydrogen) atoms. The molecule has 4 aliphatic rings. The van der Waals surface area contributed by atoms with Gasteiger partial charge in [-0.15, -0.1) is 11.8 Å². The molecule has 0 saturated heterocycles. The zero-order chi connectivity index (χ0) is 31.2. The summed E-state index contributed by atoms with van der Waals surface area (Å²) in [6, 6.07) is 56.2. The molecule has 10 rings (SSSR count). The summed E-state index contributed by atoms with van der Waals surface area (Å²) in [5.74, 6) is 13.5. The monoisotopic (exact) mass is 612 g/mol. The van der Waals surface area contributed by atoms with Crippen molar-refractivity contribution in [3.8, 4) is 23.7 Å². The van der Waals surface area contributed by atoms with Crippen molar-refractivity contribution in [3.05, 3.63) is 225 Å². The topological polar surface area (TPSA) is 0 Å². The van der Waals surface area contributed by atoms with Crippen LogP contribution < -0.4 is 0 Å². The fourth-order valence-corrected chi connectivity index (χ4v) is 8.95. The quantitative estimate of drug-likeness (QED) is 0.175. The van der Waals surface area contributed by atoms with Gasteiger partial charge in [-0.05, 0) is 99.1 Å². The molecule has 0 fully saturated rings. The lowest BCUT2D eigenvalue weighted by Gasteiger charge is -2.49. The first-order valence-corrected chi connectivity index (χ1v) is 16.8. The Morgan fingerprint density at radius 1 is 0.426 bits per heavy atom. The van der Waals surface area contributed by atoms with Gasteiger partial charge in [-0.25, -0.2) is 0 Å². The summed E-state index contributed by atoms with van der Waals surface area (Å²) in [4.78, 5) is 1.29. The minimum absolute atomic E-state index is 0.173. The zero-order valence-electron chi connectivity index (χ0n) is 25.6. The van der Waals surface area contributed by atoms with E-state index in [1.807, 2.05) is 72.4 Å². The highest BCUT2D eigenvalue weighted by Crippen LogP contribution is 2.70. The van der Waals surface area contributed by atoms with Gasteiger partial charge in [0.1, 0.15) is 0 Å². The van der Waals surface area contributed by atoms with Gasteiger partial charge in [0, 0.05) is 33.1 Å². The minimum Gasteiger partial charge on any atom is -0.104 e. The van der Waals surface area contributed by atoms with E-state index in [2.05, 4.69) is 127 Å². The van der Waals surface area contributed by atoms with Crippen molar-refractivity contribution in [1.29, 1.82) is 0 Å². The van der Waals surface area contributed by atoms with Crippen LogP contribution in [-0.4, -0.2) is 0 Å². The summed E-state index contributed by atoms with van der Waals surface area (Å²) in [6.45, 7) is 0. The van der Waals surface area contributed by atoms with E-state index in [0.717, 1.165) is 22.3 Å². The molecule has 0 nitrogen and oxygen atoms in total. The van der Waals surface area contributed by atoms with Gasteiger partial charge in [0.15, 0.2) is 0 Å². The van der Waals surface area contributed by atoms with Crippen molar-refractivity contribution < 1.29 is 0 Å². The largest absolute Gasteiger partial charge is 0.104 e. The Balaban J connectivity index is 1.16. The molecule has 1 spiro atoms. The highest BCUT2D eigenvalue weighted by molar-refractivity contribution is 8.10. The van der Waals surface area contributed by atoms with Crippen LogP contribution in [0.15, 0.2) is 169 Å². The third-order valence-electron chi connectivity index (χ3n) is 9.41. The first-order chi connectivity index (χ1) is 23.3. The molecule has 0 unspecified atom stereocenters. The van der Waals surface area contributed by atoms with Crippen LogP contribution >= 0.6 is 11.8 Å². The van der Waals surface area contributed by atoms with Gasteiger partial charge in [-0.3, -0.25) is 0 Å². The maximum Gasteiger partial charge on any atom is 0.0963 e. The van der Waals surface area contributed by atoms with E-state index in [9.17, 15) is 0 Å². The lowest BCUT2D eigenvalue weighted by atomic mass is 9.59. The molecule has 2 bridgehead atoms. The fraction of sp³-hybridized carbons (Fsp3) is 0.0435. The molecule has 0 amide bonds. The Morgan fingerprint density at radius 3 is 1.36 bits per heavy atom. The maximum atomic E-state index is 3.36. The molecule has 1 heterocycles. The maximum absolute atomic E-state index is 3.36. The van der Waals surface area contributed by atoms with Crippen LogP contribution in [0, 0.1) is 23.7 Å². The predicted molar refractivity (Wildman–Crippen MR) is 196 cm³/mol. The first kappa shape index (κ1) is 27.6. The standard InChI is InChI=1S/C46H28S/c1-3-11-32(12-4-1)19-21-34-23-27-36(28-24-34)43-31-42-44(37-29-25-35(26-30-37)22-20-33-13-5-2-6-14-33)45-38-15-7-9-17-40(38)46(42,47-43)41-18-10-8-16-39(41)45/h1-18,23-31,45H. The second-order valence-electron chi connectivity index (χ2n) is 12.1. The molecule has 0 radical (unpaired) electrons. The number of thioether (sulfide) groups is 1. The van der Waals surface area contributed by atoms with Gasteiger partial charge in [0.2, 0.25) is 0 Å². The highest BCUT2D eigenvalue weighted by atomic mass is 32.2. The molecule has 1 heteroatoms. The molecular weight excluding hydrogens is 585 g/mol. The van der Waals surface area contributed by atoms with Crippen molar-refractivity contribution in [2.24, 2.45) is 0 Å². The zero-order valence-corrected chi connectivity index (χ0v) is 26.4. The molecular formula is C46H28S. The van der Waals surface area contributed by atoms with Gasteiger partial charge in [0.25, 0.3) is 0 Å². The summed E-state index contributed by atoms with van der Waals surface area (Å²) in [7, 11) is 0. The Kier molecular flexibility index (Phi) is 6.60. The van der Waals surface area contributed by atoms with Gasteiger partial charge in [0.05, 0.1) is 4.75 Å². The van der Waals surface area contributed by atoms with Gasteiger partial charge in [-0.2, -0.15) is 0 Å².